The molecule has 0 aromatic carbocycles. The molecule has 1 unspecified atom stereocenters. The standard InChI is InChI=1S/C15H30N2/c1-5-8-9-10-11-12-15(6-2)17(7-3)14-13-16-4/h7,13,15H,3,5-6,8-12,14H2,1-2,4H3. The summed E-state index contributed by atoms with van der Waals surface area (Å²) < 4.78 is 0. The van der Waals surface area contributed by atoms with Crippen LogP contribution in [0.25, 0.3) is 0 Å². The van der Waals surface area contributed by atoms with E-state index in [1.54, 1.807) is 0 Å². The van der Waals surface area contributed by atoms with E-state index in [-0.39, 0.29) is 0 Å². The number of rotatable bonds is 11. The molecule has 0 aliphatic carbocycles. The van der Waals surface area contributed by atoms with E-state index in [1.807, 2.05) is 19.5 Å². The zero-order valence-electron chi connectivity index (χ0n) is 12.0. The molecule has 0 saturated heterocycles. The molecule has 0 aromatic heterocycles. The van der Waals surface area contributed by atoms with Crippen LogP contribution in [0.3, 0.4) is 0 Å². The Morgan fingerprint density at radius 2 is 1.88 bits per heavy atom. The van der Waals surface area contributed by atoms with Gasteiger partial charge in [-0.2, -0.15) is 0 Å². The van der Waals surface area contributed by atoms with Gasteiger partial charge < -0.3 is 4.90 Å². The smallest absolute Gasteiger partial charge is 0.0525 e. The topological polar surface area (TPSA) is 15.6 Å². The lowest BCUT2D eigenvalue weighted by Gasteiger charge is -2.28. The first kappa shape index (κ1) is 16.2. The maximum Gasteiger partial charge on any atom is 0.0525 e. The van der Waals surface area contributed by atoms with E-state index in [9.17, 15) is 0 Å². The van der Waals surface area contributed by atoms with Gasteiger partial charge in [0.1, 0.15) is 0 Å². The van der Waals surface area contributed by atoms with Crippen molar-refractivity contribution < 1.29 is 0 Å². The number of hydrogen-bond acceptors (Lipinski definition) is 2. The second-order valence-electron chi connectivity index (χ2n) is 4.59. The van der Waals surface area contributed by atoms with Crippen molar-refractivity contribution in [3.8, 4) is 0 Å². The highest BCUT2D eigenvalue weighted by atomic mass is 15.1. The van der Waals surface area contributed by atoms with Gasteiger partial charge in [-0.1, -0.05) is 52.5 Å². The van der Waals surface area contributed by atoms with Crippen LogP contribution in [0.15, 0.2) is 17.8 Å². The Morgan fingerprint density at radius 3 is 2.41 bits per heavy atom. The predicted molar refractivity (Wildman–Crippen MR) is 78.8 cm³/mol. The van der Waals surface area contributed by atoms with Crippen LogP contribution in [0.5, 0.6) is 0 Å². The molecule has 0 aromatic rings. The lowest BCUT2D eigenvalue weighted by atomic mass is 10.0. The molecule has 100 valence electrons. The molecule has 0 aliphatic rings. The molecule has 0 N–H and O–H groups in total. The fourth-order valence-corrected chi connectivity index (χ4v) is 2.14. The third kappa shape index (κ3) is 8.00. The van der Waals surface area contributed by atoms with Gasteiger partial charge >= 0.3 is 0 Å². The molecule has 0 radical (unpaired) electrons. The van der Waals surface area contributed by atoms with Crippen LogP contribution in [-0.4, -0.2) is 30.7 Å². The Hall–Kier alpha value is -0.790. The first-order valence-electron chi connectivity index (χ1n) is 7.09. The third-order valence-corrected chi connectivity index (χ3v) is 3.29. The summed E-state index contributed by atoms with van der Waals surface area (Å²) >= 11 is 0. The van der Waals surface area contributed by atoms with E-state index in [4.69, 9.17) is 0 Å². The van der Waals surface area contributed by atoms with Crippen LogP contribution in [0, 0.1) is 0 Å². The SMILES string of the molecule is C=CN(CC=NC)C(CC)CCCCCCC. The van der Waals surface area contributed by atoms with Crippen molar-refractivity contribution in [2.24, 2.45) is 4.99 Å². The fraction of sp³-hybridized carbons (Fsp3) is 0.800. The first-order valence-corrected chi connectivity index (χ1v) is 7.09. The summed E-state index contributed by atoms with van der Waals surface area (Å²) in [6, 6.07) is 0.632. The molecule has 2 nitrogen and oxygen atoms in total. The Morgan fingerprint density at radius 1 is 1.18 bits per heavy atom. The lowest BCUT2D eigenvalue weighted by Crippen LogP contribution is -2.31. The summed E-state index contributed by atoms with van der Waals surface area (Å²) in [5.41, 5.74) is 0. The molecule has 0 amide bonds. The summed E-state index contributed by atoms with van der Waals surface area (Å²) in [7, 11) is 1.83. The van der Waals surface area contributed by atoms with Crippen LogP contribution < -0.4 is 0 Å². The van der Waals surface area contributed by atoms with Crippen LogP contribution >= 0.6 is 0 Å². The summed E-state index contributed by atoms with van der Waals surface area (Å²) in [4.78, 5) is 6.36. The Balaban J connectivity index is 3.89. The molecule has 0 rings (SSSR count). The molecule has 0 aliphatic heterocycles. The quantitative estimate of drug-likeness (QED) is 0.388. The Kier molecular flexibility index (Phi) is 11.1. The van der Waals surface area contributed by atoms with Gasteiger partial charge in [-0.05, 0) is 19.0 Å². The van der Waals surface area contributed by atoms with Gasteiger partial charge in [-0.25, -0.2) is 0 Å². The number of unbranched alkanes of at least 4 members (excludes halogenated alkanes) is 4. The van der Waals surface area contributed by atoms with Crippen molar-refractivity contribution in [3.05, 3.63) is 12.8 Å². The maximum absolute atomic E-state index is 4.05. The second-order valence-corrected chi connectivity index (χ2v) is 4.59. The van der Waals surface area contributed by atoms with Gasteiger partial charge in [0.15, 0.2) is 0 Å². The molecule has 17 heavy (non-hydrogen) atoms. The minimum Gasteiger partial charge on any atom is -0.370 e. The zero-order valence-corrected chi connectivity index (χ0v) is 12.0. The van der Waals surface area contributed by atoms with Crippen molar-refractivity contribution in [1.29, 1.82) is 0 Å². The Bertz CT molecular complexity index is 199. The summed E-state index contributed by atoms with van der Waals surface area (Å²) in [6.07, 6.45) is 13.2. The van der Waals surface area contributed by atoms with Crippen LogP contribution in [-0.2, 0) is 0 Å². The number of aliphatic imine (C=N–C) groups is 1. The summed E-state index contributed by atoms with van der Waals surface area (Å²) in [5.74, 6) is 0. The van der Waals surface area contributed by atoms with E-state index < -0.39 is 0 Å². The van der Waals surface area contributed by atoms with Crippen LogP contribution in [0.4, 0.5) is 0 Å². The van der Waals surface area contributed by atoms with E-state index in [2.05, 4.69) is 30.3 Å². The van der Waals surface area contributed by atoms with Gasteiger partial charge in [0.2, 0.25) is 0 Å². The average Bonchev–Trinajstić information content (AvgIpc) is 2.36. The number of nitrogens with zero attached hydrogens (tertiary/aromatic N) is 2. The summed E-state index contributed by atoms with van der Waals surface area (Å²) in [5, 5.41) is 0. The number of hydrogen-bond donors (Lipinski definition) is 0. The van der Waals surface area contributed by atoms with Gasteiger partial charge in [0.05, 0.1) is 6.54 Å². The highest BCUT2D eigenvalue weighted by molar-refractivity contribution is 5.59. The maximum atomic E-state index is 4.05. The average molecular weight is 238 g/mol. The molecule has 0 fully saturated rings. The molecule has 0 bridgehead atoms. The van der Waals surface area contributed by atoms with E-state index in [1.165, 1.54) is 44.9 Å². The normalized spacial score (nSPS) is 12.9. The van der Waals surface area contributed by atoms with Gasteiger partial charge in [-0.3, -0.25) is 4.99 Å². The van der Waals surface area contributed by atoms with Crippen molar-refractivity contribution >= 4 is 6.21 Å². The largest absolute Gasteiger partial charge is 0.370 e. The molecule has 1 atom stereocenters. The Labute approximate surface area is 108 Å². The molecule has 0 heterocycles. The molecular weight excluding hydrogens is 208 g/mol. The van der Waals surface area contributed by atoms with Crippen molar-refractivity contribution in [2.45, 2.75) is 64.8 Å². The van der Waals surface area contributed by atoms with Crippen molar-refractivity contribution in [2.75, 3.05) is 13.6 Å². The lowest BCUT2D eigenvalue weighted by molar-refractivity contribution is 0.280. The highest BCUT2D eigenvalue weighted by Crippen LogP contribution is 2.14. The van der Waals surface area contributed by atoms with Crippen LogP contribution in [0.1, 0.15) is 58.8 Å². The third-order valence-electron chi connectivity index (χ3n) is 3.29. The molecule has 0 saturated carbocycles. The van der Waals surface area contributed by atoms with E-state index in [0.29, 0.717) is 6.04 Å². The predicted octanol–water partition coefficient (Wildman–Crippen LogP) is 4.27. The fourth-order valence-electron chi connectivity index (χ4n) is 2.14. The minimum atomic E-state index is 0.632. The summed E-state index contributed by atoms with van der Waals surface area (Å²) in [6.45, 7) is 9.32. The van der Waals surface area contributed by atoms with E-state index in [0.717, 1.165) is 6.54 Å². The zero-order chi connectivity index (χ0) is 12.9. The second kappa shape index (κ2) is 11.7. The highest BCUT2D eigenvalue weighted by Gasteiger charge is 2.11. The van der Waals surface area contributed by atoms with Crippen molar-refractivity contribution in [1.82, 2.24) is 4.90 Å². The molecule has 2 heteroatoms. The van der Waals surface area contributed by atoms with Gasteiger partial charge in [0.25, 0.3) is 0 Å². The van der Waals surface area contributed by atoms with Crippen molar-refractivity contribution in [3.63, 3.8) is 0 Å². The molecule has 0 spiro atoms. The minimum absolute atomic E-state index is 0.632. The first-order chi connectivity index (χ1) is 8.29. The monoisotopic (exact) mass is 238 g/mol. The van der Waals surface area contributed by atoms with Crippen LogP contribution in [0.2, 0.25) is 0 Å². The van der Waals surface area contributed by atoms with Gasteiger partial charge in [0, 0.05) is 19.3 Å². The van der Waals surface area contributed by atoms with Gasteiger partial charge in [-0.15, -0.1) is 0 Å². The molecular formula is C15H30N2. The van der Waals surface area contributed by atoms with E-state index >= 15 is 0 Å².